The predicted octanol–water partition coefficient (Wildman–Crippen LogP) is 4.58. The van der Waals surface area contributed by atoms with Crippen molar-refractivity contribution in [3.05, 3.63) is 41.7 Å². The number of aromatic hydroxyl groups is 1. The van der Waals surface area contributed by atoms with Crippen molar-refractivity contribution in [3.8, 4) is 41.2 Å². The summed E-state index contributed by atoms with van der Waals surface area (Å²) in [7, 11) is 0. The number of benzene rings is 2. The van der Waals surface area contributed by atoms with Crippen LogP contribution < -0.4 is 19.7 Å². The van der Waals surface area contributed by atoms with Crippen LogP contribution in [0.15, 0.2) is 30.3 Å². The molecule has 6 aliphatic rings. The maximum absolute atomic E-state index is 17.1. The quantitative estimate of drug-likeness (QED) is 0.317. The summed E-state index contributed by atoms with van der Waals surface area (Å²) in [6, 6.07) is 8.76. The maximum Gasteiger partial charge on any atom is 0.319 e. The Bertz CT molecular complexity index is 1940. The molecular weight excluding hydrogens is 590 g/mol. The minimum Gasteiger partial charge on any atom is -0.508 e. The zero-order valence-corrected chi connectivity index (χ0v) is 25.3. The fraction of sp³-hybridized carbons (Fsp3) is 0.457. The molecular formula is C35H34F2N6O3. The largest absolute Gasteiger partial charge is 0.508 e. The molecule has 2 bridgehead atoms. The van der Waals surface area contributed by atoms with Crippen LogP contribution in [0.3, 0.4) is 0 Å². The molecule has 10 rings (SSSR count). The third kappa shape index (κ3) is 4.23. The first-order valence-corrected chi connectivity index (χ1v) is 16.2. The van der Waals surface area contributed by atoms with E-state index in [-0.39, 0.29) is 47.5 Å². The summed E-state index contributed by atoms with van der Waals surface area (Å²) in [5, 5.41) is 16.0. The number of phenolic OH excluding ortho intramolecular Hbond substituents is 1. The smallest absolute Gasteiger partial charge is 0.319 e. The number of ether oxygens (including phenoxy) is 2. The first-order chi connectivity index (χ1) is 22.4. The van der Waals surface area contributed by atoms with E-state index in [0.717, 1.165) is 38.8 Å². The van der Waals surface area contributed by atoms with E-state index in [9.17, 15) is 9.50 Å². The second-order valence-corrected chi connectivity index (χ2v) is 13.5. The third-order valence-electron chi connectivity index (χ3n) is 10.9. The number of aromatic nitrogens is 3. The summed E-state index contributed by atoms with van der Waals surface area (Å²) < 4.78 is 44.4. The standard InChI is InChI=1S/C35H34F2N6O3/c1-2-19-5-3-6-20-11-24(44)12-25(27(19)20)30-29(37)31-28-32(41-34(40-31)46-18-35-9-4-10-42(35)15-22(36)13-35)43-16-23-8-7-21(14-38-23)26(43)17-45-33(28)39-30/h1,3,5-6,11-12,21-23,26,38,44H,4,7-10,13-18H2/t21-,22-,23-,26-,35+/m1/s1. The van der Waals surface area contributed by atoms with E-state index in [4.69, 9.17) is 25.9 Å². The molecule has 0 saturated carbocycles. The van der Waals surface area contributed by atoms with Crippen molar-refractivity contribution in [2.75, 3.05) is 44.3 Å². The van der Waals surface area contributed by atoms with E-state index >= 15 is 4.39 Å². The average molecular weight is 625 g/mol. The molecule has 5 fully saturated rings. The minimum absolute atomic E-state index is 0.00708. The minimum atomic E-state index is -0.900. The van der Waals surface area contributed by atoms with Gasteiger partial charge in [-0.15, -0.1) is 6.42 Å². The Balaban J connectivity index is 1.24. The number of phenols is 1. The van der Waals surface area contributed by atoms with Crippen molar-refractivity contribution in [1.82, 2.24) is 25.2 Å². The van der Waals surface area contributed by atoms with Crippen LogP contribution in [0.5, 0.6) is 17.6 Å². The number of nitrogens with one attached hydrogen (secondary N) is 1. The molecule has 9 nitrogen and oxygen atoms in total. The molecule has 5 atom stereocenters. The topological polar surface area (TPSA) is 95.9 Å². The Labute approximate surface area is 264 Å². The SMILES string of the molecule is C#Cc1cccc2cc(O)cc(-c3nc4c5c(nc(OC[C@@]67CCCN6C[C@H](F)C7)nc5c3F)N3C[C@H]5CC[C@H](CN5)[C@H]3CO4)c12. The lowest BCUT2D eigenvalue weighted by molar-refractivity contribution is 0.107. The van der Waals surface area contributed by atoms with Crippen molar-refractivity contribution in [2.24, 2.45) is 5.92 Å². The number of halogens is 2. The highest BCUT2D eigenvalue weighted by atomic mass is 19.1. The molecule has 2 aromatic heterocycles. The Morgan fingerprint density at radius 1 is 1.17 bits per heavy atom. The van der Waals surface area contributed by atoms with Gasteiger partial charge in [0, 0.05) is 48.6 Å². The molecule has 5 saturated heterocycles. The number of piperidine rings is 1. The Kier molecular flexibility index (Phi) is 6.31. The average Bonchev–Trinajstić information content (AvgIpc) is 3.38. The lowest BCUT2D eigenvalue weighted by Gasteiger charge is -2.33. The molecule has 11 heteroatoms. The second kappa shape index (κ2) is 10.4. The van der Waals surface area contributed by atoms with Gasteiger partial charge in [-0.3, -0.25) is 4.90 Å². The number of nitrogens with zero attached hydrogens (tertiary/aromatic N) is 5. The molecule has 0 aliphatic carbocycles. The van der Waals surface area contributed by atoms with Crippen LogP contribution in [0.4, 0.5) is 14.6 Å². The van der Waals surface area contributed by atoms with Crippen LogP contribution in [0.1, 0.15) is 37.7 Å². The summed E-state index contributed by atoms with van der Waals surface area (Å²) in [5.74, 6) is 3.04. The molecule has 46 heavy (non-hydrogen) atoms. The highest BCUT2D eigenvalue weighted by Crippen LogP contribution is 2.45. The predicted molar refractivity (Wildman–Crippen MR) is 170 cm³/mol. The fourth-order valence-electron chi connectivity index (χ4n) is 8.71. The maximum atomic E-state index is 17.1. The number of pyridine rings is 1. The summed E-state index contributed by atoms with van der Waals surface area (Å²) >= 11 is 0. The Hall–Kier alpha value is -4.27. The number of anilines is 1. The van der Waals surface area contributed by atoms with Crippen LogP contribution in [-0.4, -0.2) is 88.1 Å². The zero-order valence-electron chi connectivity index (χ0n) is 25.3. The normalized spacial score (nSPS) is 28.4. The van der Waals surface area contributed by atoms with E-state index in [1.807, 2.05) is 6.07 Å². The number of terminal acetylenes is 1. The van der Waals surface area contributed by atoms with Gasteiger partial charge in [0.1, 0.15) is 47.5 Å². The van der Waals surface area contributed by atoms with Crippen LogP contribution in [-0.2, 0) is 0 Å². The van der Waals surface area contributed by atoms with E-state index < -0.39 is 17.5 Å². The highest BCUT2D eigenvalue weighted by molar-refractivity contribution is 6.04. The van der Waals surface area contributed by atoms with E-state index in [1.54, 1.807) is 18.2 Å². The highest BCUT2D eigenvalue weighted by Gasteiger charge is 2.49. The molecule has 0 unspecified atom stereocenters. The fourth-order valence-corrected chi connectivity index (χ4v) is 8.71. The van der Waals surface area contributed by atoms with E-state index in [1.165, 1.54) is 6.07 Å². The van der Waals surface area contributed by atoms with E-state index in [0.29, 0.717) is 65.1 Å². The van der Waals surface area contributed by atoms with Crippen molar-refractivity contribution < 1.29 is 23.4 Å². The van der Waals surface area contributed by atoms with Gasteiger partial charge in [-0.05, 0) is 61.7 Å². The van der Waals surface area contributed by atoms with Crippen molar-refractivity contribution in [2.45, 2.75) is 55.9 Å². The van der Waals surface area contributed by atoms with Gasteiger partial charge in [0.2, 0.25) is 5.88 Å². The van der Waals surface area contributed by atoms with Gasteiger partial charge >= 0.3 is 6.01 Å². The van der Waals surface area contributed by atoms with Crippen LogP contribution in [0, 0.1) is 24.1 Å². The van der Waals surface area contributed by atoms with Gasteiger partial charge in [-0.1, -0.05) is 18.1 Å². The Morgan fingerprint density at radius 2 is 2.09 bits per heavy atom. The van der Waals surface area contributed by atoms with Gasteiger partial charge < -0.3 is 24.8 Å². The second-order valence-electron chi connectivity index (χ2n) is 13.5. The van der Waals surface area contributed by atoms with Crippen molar-refractivity contribution in [3.63, 3.8) is 0 Å². The van der Waals surface area contributed by atoms with Gasteiger partial charge in [0.25, 0.3) is 0 Å². The van der Waals surface area contributed by atoms with Crippen LogP contribution >= 0.6 is 0 Å². The number of alkyl halides is 1. The first-order valence-electron chi connectivity index (χ1n) is 16.2. The molecule has 4 aromatic rings. The molecule has 6 aliphatic heterocycles. The lowest BCUT2D eigenvalue weighted by Crippen LogP contribution is -2.44. The molecule has 8 heterocycles. The summed E-state index contributed by atoms with van der Waals surface area (Å²) in [6.07, 6.45) is 9.27. The molecule has 0 spiro atoms. The van der Waals surface area contributed by atoms with Gasteiger partial charge in [0.05, 0.1) is 11.6 Å². The summed E-state index contributed by atoms with van der Waals surface area (Å²) in [5.41, 5.74) is 0.470. The monoisotopic (exact) mass is 624 g/mol. The van der Waals surface area contributed by atoms with E-state index in [2.05, 4.69) is 26.0 Å². The number of fused-ring (bicyclic) bond motifs is 4. The zero-order chi connectivity index (χ0) is 31.2. The molecule has 2 aromatic carbocycles. The van der Waals surface area contributed by atoms with Gasteiger partial charge in [-0.2, -0.15) is 9.97 Å². The summed E-state index contributed by atoms with van der Waals surface area (Å²) in [4.78, 5) is 18.8. The number of hydrogen-bond acceptors (Lipinski definition) is 9. The third-order valence-corrected chi connectivity index (χ3v) is 10.9. The van der Waals surface area contributed by atoms with Gasteiger partial charge in [0.15, 0.2) is 5.82 Å². The number of hydrogen-bond donors (Lipinski definition) is 2. The molecule has 0 radical (unpaired) electrons. The molecule has 0 amide bonds. The van der Waals surface area contributed by atoms with Crippen molar-refractivity contribution >= 4 is 27.5 Å². The molecule has 2 N–H and O–H groups in total. The summed E-state index contributed by atoms with van der Waals surface area (Å²) in [6.45, 7) is 3.36. The van der Waals surface area contributed by atoms with Gasteiger partial charge in [-0.25, -0.2) is 13.8 Å². The molecule has 236 valence electrons. The first kappa shape index (κ1) is 28.0. The van der Waals surface area contributed by atoms with Crippen molar-refractivity contribution in [1.29, 1.82) is 0 Å². The Morgan fingerprint density at radius 3 is 2.93 bits per heavy atom. The number of rotatable bonds is 4. The van der Waals surface area contributed by atoms with Crippen LogP contribution in [0.25, 0.3) is 32.9 Å². The van der Waals surface area contributed by atoms with Crippen LogP contribution in [0.2, 0.25) is 0 Å². The lowest BCUT2D eigenvalue weighted by atomic mass is 9.91.